The summed E-state index contributed by atoms with van der Waals surface area (Å²) in [6.45, 7) is 3.27. The molecule has 0 spiro atoms. The third-order valence-corrected chi connectivity index (χ3v) is 3.60. The molecule has 3 rings (SSSR count). The van der Waals surface area contributed by atoms with Gasteiger partial charge in [0, 0.05) is 12.5 Å². The first kappa shape index (κ1) is 9.13. The molecule has 1 aromatic rings. The van der Waals surface area contributed by atoms with Gasteiger partial charge in [0.15, 0.2) is 6.29 Å². The number of aldehydes is 1. The molecule has 1 aliphatic heterocycles. The molecule has 1 saturated carbocycles. The Morgan fingerprint density at radius 1 is 1.40 bits per heavy atom. The van der Waals surface area contributed by atoms with Crippen LogP contribution in [0.15, 0.2) is 0 Å². The van der Waals surface area contributed by atoms with Crippen molar-refractivity contribution in [3.63, 3.8) is 0 Å². The Hall–Kier alpha value is -1.12. The van der Waals surface area contributed by atoms with Crippen LogP contribution in [0.25, 0.3) is 0 Å². The van der Waals surface area contributed by atoms with Crippen molar-refractivity contribution in [2.24, 2.45) is 0 Å². The van der Waals surface area contributed by atoms with Gasteiger partial charge in [-0.05, 0) is 31.6 Å². The molecule has 3 heteroatoms. The Balaban J connectivity index is 2.14. The Bertz CT molecular complexity index is 404. The van der Waals surface area contributed by atoms with Gasteiger partial charge in [-0.1, -0.05) is 6.92 Å². The van der Waals surface area contributed by atoms with Crippen LogP contribution in [0.5, 0.6) is 0 Å². The van der Waals surface area contributed by atoms with E-state index in [1.54, 1.807) is 0 Å². The van der Waals surface area contributed by atoms with E-state index in [0.717, 1.165) is 12.8 Å². The minimum Gasteiger partial charge on any atom is -0.331 e. The molecule has 1 atom stereocenters. The van der Waals surface area contributed by atoms with Crippen molar-refractivity contribution in [3.8, 4) is 0 Å². The van der Waals surface area contributed by atoms with Gasteiger partial charge in [0.1, 0.15) is 11.5 Å². The Labute approximate surface area is 89.5 Å². The zero-order chi connectivity index (χ0) is 10.4. The van der Waals surface area contributed by atoms with Crippen LogP contribution in [0.1, 0.15) is 66.4 Å². The first-order chi connectivity index (χ1) is 7.31. The smallest absolute Gasteiger partial charge is 0.170 e. The lowest BCUT2D eigenvalue weighted by molar-refractivity contribution is 0.111. The number of rotatable bonds is 2. The van der Waals surface area contributed by atoms with E-state index in [0.29, 0.717) is 17.5 Å². The van der Waals surface area contributed by atoms with E-state index in [1.165, 1.54) is 37.2 Å². The fraction of sp³-hybridized carbons (Fsp3) is 0.667. The molecular weight excluding hydrogens is 188 g/mol. The van der Waals surface area contributed by atoms with Crippen molar-refractivity contribution in [2.75, 3.05) is 0 Å². The molecule has 0 amide bonds. The highest BCUT2D eigenvalue weighted by Crippen LogP contribution is 2.42. The van der Waals surface area contributed by atoms with E-state index >= 15 is 0 Å². The van der Waals surface area contributed by atoms with Crippen molar-refractivity contribution in [3.05, 3.63) is 17.2 Å². The normalized spacial score (nSPS) is 25.0. The van der Waals surface area contributed by atoms with Crippen molar-refractivity contribution in [2.45, 2.75) is 51.0 Å². The summed E-state index contributed by atoms with van der Waals surface area (Å²) in [5.74, 6) is 2.32. The lowest BCUT2D eigenvalue weighted by atomic mass is 9.96. The van der Waals surface area contributed by atoms with Crippen LogP contribution < -0.4 is 0 Å². The molecule has 80 valence electrons. The number of hydrogen-bond acceptors (Lipinski definition) is 2. The molecule has 1 unspecified atom stereocenters. The summed E-state index contributed by atoms with van der Waals surface area (Å²) >= 11 is 0. The molecule has 0 aromatic carbocycles. The second-order valence-electron chi connectivity index (χ2n) is 4.83. The van der Waals surface area contributed by atoms with E-state index in [-0.39, 0.29) is 0 Å². The molecule has 1 fully saturated rings. The van der Waals surface area contributed by atoms with Crippen molar-refractivity contribution < 1.29 is 4.79 Å². The van der Waals surface area contributed by atoms with Gasteiger partial charge < -0.3 is 4.57 Å². The van der Waals surface area contributed by atoms with Gasteiger partial charge >= 0.3 is 0 Å². The summed E-state index contributed by atoms with van der Waals surface area (Å²) in [4.78, 5) is 15.5. The molecule has 0 saturated heterocycles. The predicted molar refractivity (Wildman–Crippen MR) is 57.2 cm³/mol. The van der Waals surface area contributed by atoms with Crippen LogP contribution in [-0.2, 0) is 6.54 Å². The standard InChI is InChI=1S/C12H16N2O/c1-8-3-2-6-14-11(8)10(7-15)13-12(14)9-4-5-9/h7-9H,2-6H2,1H3. The molecule has 0 radical (unpaired) electrons. The van der Waals surface area contributed by atoms with Crippen molar-refractivity contribution in [1.82, 2.24) is 9.55 Å². The van der Waals surface area contributed by atoms with Crippen LogP contribution in [0, 0.1) is 0 Å². The molecule has 3 nitrogen and oxygen atoms in total. The van der Waals surface area contributed by atoms with E-state index in [2.05, 4.69) is 16.5 Å². The number of aromatic nitrogens is 2. The Morgan fingerprint density at radius 2 is 2.20 bits per heavy atom. The number of imidazole rings is 1. The first-order valence-electron chi connectivity index (χ1n) is 5.86. The van der Waals surface area contributed by atoms with Gasteiger partial charge in [-0.2, -0.15) is 0 Å². The van der Waals surface area contributed by atoms with Crippen LogP contribution >= 0.6 is 0 Å². The predicted octanol–water partition coefficient (Wildman–Crippen LogP) is 2.47. The number of carbonyl (C=O) groups is 1. The Morgan fingerprint density at radius 3 is 2.87 bits per heavy atom. The molecule has 15 heavy (non-hydrogen) atoms. The maximum Gasteiger partial charge on any atom is 0.170 e. The van der Waals surface area contributed by atoms with Gasteiger partial charge in [0.25, 0.3) is 0 Å². The van der Waals surface area contributed by atoms with Gasteiger partial charge in [0.2, 0.25) is 0 Å². The summed E-state index contributed by atoms with van der Waals surface area (Å²) in [6, 6.07) is 0. The van der Waals surface area contributed by atoms with Gasteiger partial charge in [-0.3, -0.25) is 4.79 Å². The van der Waals surface area contributed by atoms with Crippen molar-refractivity contribution >= 4 is 6.29 Å². The highest BCUT2D eigenvalue weighted by Gasteiger charge is 2.33. The highest BCUT2D eigenvalue weighted by atomic mass is 16.1. The van der Waals surface area contributed by atoms with E-state index in [1.807, 2.05) is 0 Å². The maximum absolute atomic E-state index is 11.0. The van der Waals surface area contributed by atoms with Crippen LogP contribution in [0.2, 0.25) is 0 Å². The molecule has 1 aromatic heterocycles. The molecular formula is C12H16N2O. The maximum atomic E-state index is 11.0. The summed E-state index contributed by atoms with van der Waals surface area (Å²) < 4.78 is 2.32. The van der Waals surface area contributed by atoms with E-state index < -0.39 is 0 Å². The zero-order valence-electron chi connectivity index (χ0n) is 9.07. The third kappa shape index (κ3) is 1.33. The third-order valence-electron chi connectivity index (χ3n) is 3.60. The number of nitrogens with zero attached hydrogens (tertiary/aromatic N) is 2. The lowest BCUT2D eigenvalue weighted by Gasteiger charge is -2.22. The van der Waals surface area contributed by atoms with Gasteiger partial charge in [-0.15, -0.1) is 0 Å². The number of fused-ring (bicyclic) bond motifs is 1. The lowest BCUT2D eigenvalue weighted by Crippen LogP contribution is -2.16. The number of carbonyl (C=O) groups excluding carboxylic acids is 1. The molecule has 0 bridgehead atoms. The molecule has 0 N–H and O–H groups in total. The fourth-order valence-corrected chi connectivity index (χ4v) is 2.69. The average Bonchev–Trinajstić information content (AvgIpc) is 3.00. The largest absolute Gasteiger partial charge is 0.331 e. The molecule has 1 aliphatic carbocycles. The van der Waals surface area contributed by atoms with Crippen LogP contribution in [0.3, 0.4) is 0 Å². The quantitative estimate of drug-likeness (QED) is 0.694. The summed E-state index contributed by atoms with van der Waals surface area (Å²) in [7, 11) is 0. The highest BCUT2D eigenvalue weighted by molar-refractivity contribution is 5.74. The second kappa shape index (κ2) is 3.19. The van der Waals surface area contributed by atoms with E-state index in [4.69, 9.17) is 0 Å². The fourth-order valence-electron chi connectivity index (χ4n) is 2.69. The van der Waals surface area contributed by atoms with Gasteiger partial charge in [0.05, 0.1) is 5.69 Å². The van der Waals surface area contributed by atoms with E-state index in [9.17, 15) is 4.79 Å². The zero-order valence-corrected chi connectivity index (χ0v) is 9.07. The summed E-state index contributed by atoms with van der Waals surface area (Å²) in [5.41, 5.74) is 1.89. The molecule has 2 heterocycles. The average molecular weight is 204 g/mol. The second-order valence-corrected chi connectivity index (χ2v) is 4.83. The van der Waals surface area contributed by atoms with Crippen LogP contribution in [0.4, 0.5) is 0 Å². The minimum atomic E-state index is 0.499. The molecule has 2 aliphatic rings. The summed E-state index contributed by atoms with van der Waals surface area (Å²) in [6.07, 6.45) is 5.85. The van der Waals surface area contributed by atoms with Gasteiger partial charge in [-0.25, -0.2) is 4.98 Å². The monoisotopic (exact) mass is 204 g/mol. The summed E-state index contributed by atoms with van der Waals surface area (Å²) in [5, 5.41) is 0. The topological polar surface area (TPSA) is 34.9 Å². The number of hydrogen-bond donors (Lipinski definition) is 0. The SMILES string of the molecule is CC1CCCn2c(C3CC3)nc(C=O)c21. The first-order valence-corrected chi connectivity index (χ1v) is 5.86. The van der Waals surface area contributed by atoms with Crippen LogP contribution in [-0.4, -0.2) is 15.8 Å². The Kier molecular flexibility index (Phi) is 1.94. The minimum absolute atomic E-state index is 0.499. The van der Waals surface area contributed by atoms with Crippen molar-refractivity contribution in [1.29, 1.82) is 0 Å².